The number of aryl methyl sites for hydroxylation is 2. The Morgan fingerprint density at radius 2 is 2.00 bits per heavy atom. The zero-order chi connectivity index (χ0) is 23.8. The van der Waals surface area contributed by atoms with E-state index in [1.807, 2.05) is 6.07 Å². The monoisotopic (exact) mass is 473 g/mol. The molecule has 0 aliphatic heterocycles. The van der Waals surface area contributed by atoms with Gasteiger partial charge in [-0.15, -0.1) is 11.3 Å². The maximum absolute atomic E-state index is 14.0. The highest BCUT2D eigenvalue weighted by atomic mass is 32.1. The van der Waals surface area contributed by atoms with Gasteiger partial charge in [-0.1, -0.05) is 12.1 Å². The number of nitrogen functional groups attached to an aromatic ring is 1. The first-order chi connectivity index (χ1) is 15.7. The molecule has 4 N–H and O–H groups in total. The van der Waals surface area contributed by atoms with E-state index in [0.29, 0.717) is 4.88 Å². The van der Waals surface area contributed by atoms with Crippen molar-refractivity contribution >= 4 is 29.3 Å². The molecule has 0 bridgehead atoms. The topological polar surface area (TPSA) is 105 Å². The first kappa shape index (κ1) is 22.9. The van der Waals surface area contributed by atoms with E-state index in [2.05, 4.69) is 15.3 Å². The van der Waals surface area contributed by atoms with E-state index in [-0.39, 0.29) is 34.1 Å². The van der Waals surface area contributed by atoms with Crippen LogP contribution in [0.5, 0.6) is 0 Å². The van der Waals surface area contributed by atoms with Gasteiger partial charge in [-0.25, -0.2) is 9.97 Å². The number of anilines is 1. The number of rotatable bonds is 5. The zero-order valence-corrected chi connectivity index (χ0v) is 18.6. The van der Waals surface area contributed by atoms with Crippen LogP contribution in [-0.2, 0) is 19.0 Å². The summed E-state index contributed by atoms with van der Waals surface area (Å²) in [5, 5.41) is 10.2. The van der Waals surface area contributed by atoms with Gasteiger partial charge in [0, 0.05) is 16.7 Å². The van der Waals surface area contributed by atoms with Crippen molar-refractivity contribution in [3.05, 3.63) is 62.6 Å². The van der Waals surface area contributed by atoms with Gasteiger partial charge in [-0.05, 0) is 55.9 Å². The summed E-state index contributed by atoms with van der Waals surface area (Å²) in [6.45, 7) is 1.53. The van der Waals surface area contributed by atoms with E-state index in [9.17, 15) is 18.0 Å². The predicted molar refractivity (Wildman–Crippen MR) is 122 cm³/mol. The molecule has 1 aliphatic rings. The summed E-state index contributed by atoms with van der Waals surface area (Å²) in [5.41, 5.74) is 6.40. The van der Waals surface area contributed by atoms with Crippen molar-refractivity contribution in [3.63, 3.8) is 0 Å². The van der Waals surface area contributed by atoms with Crippen molar-refractivity contribution in [1.29, 1.82) is 5.41 Å². The number of amides is 1. The molecule has 0 fully saturated rings. The fourth-order valence-corrected chi connectivity index (χ4v) is 5.21. The van der Waals surface area contributed by atoms with Crippen LogP contribution in [0.1, 0.15) is 62.6 Å². The van der Waals surface area contributed by atoms with Crippen molar-refractivity contribution in [2.45, 2.75) is 44.8 Å². The van der Waals surface area contributed by atoms with E-state index in [4.69, 9.17) is 11.1 Å². The summed E-state index contributed by atoms with van der Waals surface area (Å²) in [4.78, 5) is 22.3. The molecule has 1 atom stereocenters. The van der Waals surface area contributed by atoms with Crippen LogP contribution in [0.25, 0.3) is 11.3 Å². The predicted octanol–water partition coefficient (Wildman–Crippen LogP) is 5.17. The number of carbonyl (C=O) groups excluding carboxylic acids is 1. The molecule has 10 heteroatoms. The second-order valence-electron chi connectivity index (χ2n) is 7.93. The number of fused-ring (bicyclic) bond motifs is 1. The van der Waals surface area contributed by atoms with Crippen LogP contribution in [0.3, 0.4) is 0 Å². The SMILES string of the molecule is CC(NC(=O)c1cc2c(s1)CCCC2)c1ccc(-c2ncnc(N)c2C=N)cc1C(F)(F)F. The second-order valence-corrected chi connectivity index (χ2v) is 9.06. The number of thiophene rings is 1. The smallest absolute Gasteiger partial charge is 0.383 e. The molecule has 172 valence electrons. The van der Waals surface area contributed by atoms with Gasteiger partial charge in [0.2, 0.25) is 0 Å². The van der Waals surface area contributed by atoms with Crippen LogP contribution in [-0.4, -0.2) is 22.1 Å². The highest BCUT2D eigenvalue weighted by molar-refractivity contribution is 7.14. The second kappa shape index (κ2) is 8.93. The maximum Gasteiger partial charge on any atom is 0.416 e. The molecule has 1 aliphatic carbocycles. The Balaban J connectivity index is 1.66. The Labute approximate surface area is 192 Å². The fraction of sp³-hybridized carbons (Fsp3) is 0.304. The molecule has 2 heterocycles. The molecule has 0 saturated carbocycles. The van der Waals surface area contributed by atoms with Gasteiger partial charge in [0.05, 0.1) is 27.7 Å². The molecule has 0 spiro atoms. The normalized spacial score (nSPS) is 14.4. The van der Waals surface area contributed by atoms with E-state index >= 15 is 0 Å². The summed E-state index contributed by atoms with van der Waals surface area (Å²) in [5.74, 6) is -0.374. The molecule has 0 radical (unpaired) electrons. The van der Waals surface area contributed by atoms with Crippen molar-refractivity contribution in [2.75, 3.05) is 5.73 Å². The average Bonchev–Trinajstić information content (AvgIpc) is 3.22. The standard InChI is InChI=1S/C23H22F3N5OS/c1-12(31-22(32)19-9-13-4-2-3-5-18(13)33-19)15-7-6-14(8-17(15)23(24,25)26)20-16(10-27)21(28)30-11-29-20/h6-12,27H,2-5H2,1H3,(H,31,32)(H2,28,29,30). The lowest BCUT2D eigenvalue weighted by Crippen LogP contribution is -2.27. The highest BCUT2D eigenvalue weighted by Gasteiger charge is 2.35. The molecule has 1 unspecified atom stereocenters. The van der Waals surface area contributed by atoms with Gasteiger partial charge in [-0.3, -0.25) is 4.79 Å². The lowest BCUT2D eigenvalue weighted by molar-refractivity contribution is -0.138. The summed E-state index contributed by atoms with van der Waals surface area (Å²) < 4.78 is 41.9. The van der Waals surface area contributed by atoms with Crippen LogP contribution in [0.2, 0.25) is 0 Å². The van der Waals surface area contributed by atoms with E-state index < -0.39 is 17.8 Å². The molecular formula is C23H22F3N5OS. The van der Waals surface area contributed by atoms with Crippen LogP contribution in [0.15, 0.2) is 30.6 Å². The third-order valence-corrected chi connectivity index (χ3v) is 6.96. The third-order valence-electron chi connectivity index (χ3n) is 5.73. The number of carbonyl (C=O) groups is 1. The van der Waals surface area contributed by atoms with Crippen LogP contribution in [0, 0.1) is 5.41 Å². The minimum absolute atomic E-state index is 0.00640. The number of nitrogens with zero attached hydrogens (tertiary/aromatic N) is 2. The lowest BCUT2D eigenvalue weighted by Gasteiger charge is -2.20. The molecule has 1 amide bonds. The summed E-state index contributed by atoms with van der Waals surface area (Å²) in [6.07, 6.45) is 1.44. The molecule has 6 nitrogen and oxygen atoms in total. The number of aromatic nitrogens is 2. The first-order valence-electron chi connectivity index (χ1n) is 10.4. The van der Waals surface area contributed by atoms with E-state index in [1.54, 1.807) is 0 Å². The average molecular weight is 474 g/mol. The Bertz CT molecular complexity index is 1200. The minimum Gasteiger partial charge on any atom is -0.383 e. The van der Waals surface area contributed by atoms with Crippen LogP contribution >= 0.6 is 11.3 Å². The quantitative estimate of drug-likeness (QED) is 0.445. The summed E-state index contributed by atoms with van der Waals surface area (Å²) in [6, 6.07) is 4.75. The van der Waals surface area contributed by atoms with E-state index in [0.717, 1.165) is 49.9 Å². The number of nitrogens with one attached hydrogen (secondary N) is 2. The van der Waals surface area contributed by atoms with Gasteiger partial charge in [0.15, 0.2) is 0 Å². The van der Waals surface area contributed by atoms with Crippen molar-refractivity contribution in [1.82, 2.24) is 15.3 Å². The largest absolute Gasteiger partial charge is 0.416 e. The van der Waals surface area contributed by atoms with Crippen LogP contribution < -0.4 is 11.1 Å². The fourth-order valence-electron chi connectivity index (χ4n) is 4.06. The maximum atomic E-state index is 14.0. The summed E-state index contributed by atoms with van der Waals surface area (Å²) in [7, 11) is 0. The number of benzene rings is 1. The Morgan fingerprint density at radius 3 is 2.70 bits per heavy atom. The van der Waals surface area contributed by atoms with Crippen molar-refractivity contribution in [2.24, 2.45) is 0 Å². The molecule has 33 heavy (non-hydrogen) atoms. The Hall–Kier alpha value is -3.27. The number of halogens is 3. The number of hydrogen-bond acceptors (Lipinski definition) is 6. The van der Waals surface area contributed by atoms with Gasteiger partial charge < -0.3 is 16.5 Å². The van der Waals surface area contributed by atoms with Gasteiger partial charge in [0.1, 0.15) is 12.1 Å². The van der Waals surface area contributed by atoms with Crippen molar-refractivity contribution in [3.8, 4) is 11.3 Å². The molecular weight excluding hydrogens is 451 g/mol. The van der Waals surface area contributed by atoms with Crippen molar-refractivity contribution < 1.29 is 18.0 Å². The molecule has 1 aromatic carbocycles. The number of alkyl halides is 3. The molecule has 3 aromatic rings. The third kappa shape index (κ3) is 4.61. The van der Waals surface area contributed by atoms with E-state index in [1.165, 1.54) is 35.3 Å². The number of hydrogen-bond donors (Lipinski definition) is 3. The molecule has 4 rings (SSSR count). The summed E-state index contributed by atoms with van der Waals surface area (Å²) >= 11 is 1.41. The lowest BCUT2D eigenvalue weighted by atomic mass is 9.95. The van der Waals surface area contributed by atoms with Gasteiger partial charge in [-0.2, -0.15) is 13.2 Å². The molecule has 2 aromatic heterocycles. The number of nitrogens with two attached hydrogens (primary N) is 1. The van der Waals surface area contributed by atoms with Gasteiger partial charge in [0.25, 0.3) is 5.91 Å². The minimum atomic E-state index is -4.66. The highest BCUT2D eigenvalue weighted by Crippen LogP contribution is 2.38. The Morgan fingerprint density at radius 1 is 1.24 bits per heavy atom. The zero-order valence-electron chi connectivity index (χ0n) is 17.8. The van der Waals surface area contributed by atoms with Gasteiger partial charge >= 0.3 is 6.18 Å². The Kier molecular flexibility index (Phi) is 6.20. The molecule has 0 saturated heterocycles. The van der Waals surface area contributed by atoms with Crippen LogP contribution in [0.4, 0.5) is 19.0 Å². The first-order valence-corrected chi connectivity index (χ1v) is 11.3.